The van der Waals surface area contributed by atoms with E-state index in [0.717, 1.165) is 18.2 Å². The Balaban J connectivity index is 0.00000192. The fraction of sp³-hybridized carbons (Fsp3) is 0.579. The van der Waals surface area contributed by atoms with Crippen molar-refractivity contribution >= 4 is 23.2 Å². The molecular formula is C19H27ClN2O. The second-order valence-corrected chi connectivity index (χ2v) is 7.39. The normalized spacial score (nSPS) is 26.1. The first-order chi connectivity index (χ1) is 10.6. The Labute approximate surface area is 145 Å². The molecule has 2 aliphatic carbocycles. The van der Waals surface area contributed by atoms with Gasteiger partial charge in [0, 0.05) is 19.3 Å². The topological polar surface area (TPSA) is 41.1 Å². The van der Waals surface area contributed by atoms with Crippen LogP contribution in [0.1, 0.15) is 55.3 Å². The monoisotopic (exact) mass is 334 g/mol. The third-order valence-corrected chi connectivity index (χ3v) is 5.81. The van der Waals surface area contributed by atoms with Crippen LogP contribution in [0.3, 0.4) is 0 Å². The molecule has 2 radical (unpaired) electrons. The number of amides is 1. The first-order valence-corrected chi connectivity index (χ1v) is 8.75. The van der Waals surface area contributed by atoms with Gasteiger partial charge in [-0.15, -0.1) is 0 Å². The molecule has 2 fully saturated rings. The summed E-state index contributed by atoms with van der Waals surface area (Å²) in [5.74, 6) is 0.833. The highest BCUT2D eigenvalue weighted by atomic mass is 35.5. The summed E-state index contributed by atoms with van der Waals surface area (Å²) in [7, 11) is 1.84. The summed E-state index contributed by atoms with van der Waals surface area (Å²) in [6.07, 6.45) is 9.20. The molecule has 2 aliphatic rings. The first kappa shape index (κ1) is 18.1. The number of carbonyl (C=O) groups excluding carboxylic acids is 1. The van der Waals surface area contributed by atoms with Gasteiger partial charge in [-0.25, -0.2) is 0 Å². The van der Waals surface area contributed by atoms with Gasteiger partial charge >= 0.3 is 0 Å². The van der Waals surface area contributed by atoms with Crippen molar-refractivity contribution in [2.75, 3.05) is 18.9 Å². The lowest BCUT2D eigenvalue weighted by atomic mass is 9.62. The molecule has 1 aromatic carbocycles. The Kier molecular flexibility index (Phi) is 5.96. The number of fused-ring (bicyclic) bond motifs is 2. The third kappa shape index (κ3) is 4.00. The fourth-order valence-corrected chi connectivity index (χ4v) is 4.49. The van der Waals surface area contributed by atoms with Crippen LogP contribution in [-0.4, -0.2) is 19.5 Å². The number of benzene rings is 1. The molecule has 0 spiro atoms. The highest BCUT2D eigenvalue weighted by Crippen LogP contribution is 2.48. The van der Waals surface area contributed by atoms with Crippen LogP contribution >= 0.6 is 11.6 Å². The van der Waals surface area contributed by atoms with Crippen molar-refractivity contribution < 1.29 is 4.79 Å². The number of halogens is 1. The second-order valence-electron chi connectivity index (χ2n) is 6.98. The van der Waals surface area contributed by atoms with E-state index in [-0.39, 0.29) is 13.3 Å². The van der Waals surface area contributed by atoms with Crippen LogP contribution in [0.4, 0.5) is 5.69 Å². The molecule has 0 heterocycles. The summed E-state index contributed by atoms with van der Waals surface area (Å²) < 4.78 is 0. The average molecular weight is 335 g/mol. The van der Waals surface area contributed by atoms with Crippen LogP contribution in [0.2, 0.25) is 5.02 Å². The van der Waals surface area contributed by atoms with Gasteiger partial charge in [0.05, 0.1) is 10.6 Å². The van der Waals surface area contributed by atoms with E-state index in [4.69, 9.17) is 11.6 Å². The van der Waals surface area contributed by atoms with Gasteiger partial charge in [-0.3, -0.25) is 4.79 Å². The molecule has 1 amide bonds. The number of anilines is 1. The van der Waals surface area contributed by atoms with Crippen LogP contribution in [-0.2, 0) is 0 Å². The van der Waals surface area contributed by atoms with Crippen LogP contribution < -0.4 is 10.6 Å². The van der Waals surface area contributed by atoms with Crippen molar-refractivity contribution in [2.24, 2.45) is 11.3 Å². The molecule has 4 heteroatoms. The Bertz CT molecular complexity index is 548. The maximum absolute atomic E-state index is 12.5. The third-order valence-electron chi connectivity index (χ3n) is 5.48. The number of hydrogen-bond acceptors (Lipinski definition) is 2. The number of rotatable bonds is 4. The molecule has 0 aromatic heterocycles. The standard InChI is InChI=1S/C18H25ClN2O.CH2/c1-20-14-6-7-16(19)15(10-14)17(22)21-12-18-8-2-4-13(11-18)5-3-9-18;/h6-7,10,13,20H,2-5,8-9,11-12H2,1H3,(H,21,22);1H2. The minimum atomic E-state index is -0.0517. The zero-order valence-electron chi connectivity index (χ0n) is 14.0. The molecule has 0 unspecified atom stereocenters. The Morgan fingerprint density at radius 3 is 2.65 bits per heavy atom. The predicted octanol–water partition coefficient (Wildman–Crippen LogP) is 4.80. The molecule has 0 atom stereocenters. The van der Waals surface area contributed by atoms with E-state index in [0.29, 0.717) is 16.0 Å². The van der Waals surface area contributed by atoms with Crippen LogP contribution in [0.5, 0.6) is 0 Å². The summed E-state index contributed by atoms with van der Waals surface area (Å²) in [4.78, 5) is 12.5. The molecular weight excluding hydrogens is 308 g/mol. The van der Waals surface area contributed by atoms with Gasteiger partial charge in [0.15, 0.2) is 0 Å². The van der Waals surface area contributed by atoms with Crippen molar-refractivity contribution in [3.8, 4) is 0 Å². The second kappa shape index (κ2) is 7.57. The minimum Gasteiger partial charge on any atom is -0.388 e. The summed E-state index contributed by atoms with van der Waals surface area (Å²) in [5, 5.41) is 6.72. The van der Waals surface area contributed by atoms with Crippen molar-refractivity contribution in [2.45, 2.75) is 44.9 Å². The number of hydrogen-bond donors (Lipinski definition) is 2. The van der Waals surface area contributed by atoms with Crippen molar-refractivity contribution in [3.63, 3.8) is 0 Å². The van der Waals surface area contributed by atoms with E-state index in [2.05, 4.69) is 10.6 Å². The predicted molar refractivity (Wildman–Crippen MR) is 96.9 cm³/mol. The molecule has 2 N–H and O–H groups in total. The molecule has 0 aliphatic heterocycles. The molecule has 126 valence electrons. The molecule has 1 aromatic rings. The Hall–Kier alpha value is -1.22. The lowest BCUT2D eigenvalue weighted by molar-refractivity contribution is 0.0682. The largest absolute Gasteiger partial charge is 0.388 e. The van der Waals surface area contributed by atoms with Crippen molar-refractivity contribution in [1.82, 2.24) is 5.32 Å². The zero-order valence-corrected chi connectivity index (χ0v) is 14.7. The smallest absolute Gasteiger partial charge is 0.252 e. The molecule has 3 nitrogen and oxygen atoms in total. The SMILES string of the molecule is CNc1ccc(Cl)c(C(=O)NCC23CCCC(CCC2)C3)c1.[CH2]. The minimum absolute atomic E-state index is 0. The van der Waals surface area contributed by atoms with Crippen molar-refractivity contribution in [1.29, 1.82) is 0 Å². The molecule has 23 heavy (non-hydrogen) atoms. The highest BCUT2D eigenvalue weighted by Gasteiger charge is 2.39. The summed E-state index contributed by atoms with van der Waals surface area (Å²) in [6, 6.07) is 5.47. The number of nitrogens with one attached hydrogen (secondary N) is 2. The van der Waals surface area contributed by atoms with E-state index < -0.39 is 0 Å². The highest BCUT2D eigenvalue weighted by molar-refractivity contribution is 6.34. The van der Waals surface area contributed by atoms with E-state index in [1.165, 1.54) is 44.9 Å². The van der Waals surface area contributed by atoms with Gasteiger partial charge in [0.2, 0.25) is 0 Å². The fourth-order valence-electron chi connectivity index (χ4n) is 4.29. The van der Waals surface area contributed by atoms with Gasteiger partial charge in [0.25, 0.3) is 5.91 Å². The molecule has 3 rings (SSSR count). The maximum Gasteiger partial charge on any atom is 0.252 e. The van der Waals surface area contributed by atoms with E-state index >= 15 is 0 Å². The van der Waals surface area contributed by atoms with Gasteiger partial charge in [0.1, 0.15) is 0 Å². The summed E-state index contributed by atoms with van der Waals surface area (Å²) in [6.45, 7) is 0.794. The average Bonchev–Trinajstić information content (AvgIpc) is 2.53. The quantitative estimate of drug-likeness (QED) is 0.830. The molecule has 2 bridgehead atoms. The lowest BCUT2D eigenvalue weighted by Crippen LogP contribution is -2.43. The van der Waals surface area contributed by atoms with Gasteiger partial charge in [-0.05, 0) is 48.8 Å². The van der Waals surface area contributed by atoms with E-state index in [1.54, 1.807) is 6.07 Å². The van der Waals surface area contributed by atoms with Gasteiger partial charge < -0.3 is 10.6 Å². The maximum atomic E-state index is 12.5. The van der Waals surface area contributed by atoms with E-state index in [9.17, 15) is 4.79 Å². The van der Waals surface area contributed by atoms with Crippen molar-refractivity contribution in [3.05, 3.63) is 36.2 Å². The van der Waals surface area contributed by atoms with Gasteiger partial charge in [-0.1, -0.05) is 44.7 Å². The number of carbonyl (C=O) groups is 1. The zero-order chi connectivity index (χ0) is 15.6. The van der Waals surface area contributed by atoms with E-state index in [1.807, 2.05) is 19.2 Å². The van der Waals surface area contributed by atoms with Crippen LogP contribution in [0.15, 0.2) is 18.2 Å². The summed E-state index contributed by atoms with van der Waals surface area (Å²) in [5.41, 5.74) is 1.81. The first-order valence-electron chi connectivity index (χ1n) is 8.37. The van der Waals surface area contributed by atoms with Gasteiger partial charge in [-0.2, -0.15) is 0 Å². The summed E-state index contributed by atoms with van der Waals surface area (Å²) >= 11 is 6.18. The Morgan fingerprint density at radius 2 is 2.00 bits per heavy atom. The molecule has 2 saturated carbocycles. The van der Waals surface area contributed by atoms with Crippen LogP contribution in [0.25, 0.3) is 0 Å². The van der Waals surface area contributed by atoms with Crippen LogP contribution in [0, 0.1) is 18.8 Å². The Morgan fingerprint density at radius 1 is 1.30 bits per heavy atom. The lowest BCUT2D eigenvalue weighted by Gasteiger charge is -2.45. The molecule has 0 saturated heterocycles.